The lowest BCUT2D eigenvalue weighted by Gasteiger charge is -2.12. The third-order valence-electron chi connectivity index (χ3n) is 6.07. The summed E-state index contributed by atoms with van der Waals surface area (Å²) in [5.41, 5.74) is 8.59. The van der Waals surface area contributed by atoms with E-state index in [4.69, 9.17) is 14.5 Å². The monoisotopic (exact) mass is 501 g/mol. The Morgan fingerprint density at radius 3 is 2.53 bits per heavy atom. The molecule has 6 heteroatoms. The van der Waals surface area contributed by atoms with Gasteiger partial charge in [-0.3, -0.25) is 4.79 Å². The summed E-state index contributed by atoms with van der Waals surface area (Å²) < 4.78 is 11.5. The van der Waals surface area contributed by atoms with Crippen LogP contribution in [0.25, 0.3) is 22.2 Å². The van der Waals surface area contributed by atoms with Crippen LogP contribution >= 0.6 is 0 Å². The molecular weight excluding hydrogens is 474 g/mol. The number of para-hydroxylation sites is 1. The van der Waals surface area contributed by atoms with Crippen molar-refractivity contribution < 1.29 is 14.3 Å². The van der Waals surface area contributed by atoms with Crippen molar-refractivity contribution in [2.45, 2.75) is 13.5 Å². The number of amides is 1. The first kappa shape index (κ1) is 24.7. The number of carbonyl (C=O) groups excluding carboxylic acids is 1. The molecule has 38 heavy (non-hydrogen) atoms. The van der Waals surface area contributed by atoms with Crippen molar-refractivity contribution in [3.63, 3.8) is 0 Å². The largest absolute Gasteiger partial charge is 0.493 e. The zero-order chi connectivity index (χ0) is 26.3. The van der Waals surface area contributed by atoms with E-state index in [9.17, 15) is 4.79 Å². The lowest BCUT2D eigenvalue weighted by atomic mass is 10.0. The Hall–Kier alpha value is -4.97. The van der Waals surface area contributed by atoms with Crippen LogP contribution in [0.1, 0.15) is 27.0 Å². The van der Waals surface area contributed by atoms with E-state index in [-0.39, 0.29) is 5.91 Å². The van der Waals surface area contributed by atoms with E-state index in [1.165, 1.54) is 5.56 Å². The van der Waals surface area contributed by atoms with Gasteiger partial charge in [-0.05, 0) is 48.4 Å². The van der Waals surface area contributed by atoms with Crippen LogP contribution in [0.2, 0.25) is 0 Å². The molecule has 0 saturated carbocycles. The lowest BCUT2D eigenvalue weighted by Crippen LogP contribution is -2.18. The first-order chi connectivity index (χ1) is 18.6. The predicted octanol–water partition coefficient (Wildman–Crippen LogP) is 6.56. The lowest BCUT2D eigenvalue weighted by molar-refractivity contribution is 0.0956. The SMILES string of the molecule is COc1cc(/C=N/NC(=O)c2cc(-c3ccccc3)nc3ccccc23)ccc1OCc1cccc(C)c1. The first-order valence-corrected chi connectivity index (χ1v) is 12.3. The van der Waals surface area contributed by atoms with Crippen molar-refractivity contribution in [1.29, 1.82) is 0 Å². The summed E-state index contributed by atoms with van der Waals surface area (Å²) in [5, 5.41) is 4.95. The van der Waals surface area contributed by atoms with Gasteiger partial charge in [0.15, 0.2) is 11.5 Å². The van der Waals surface area contributed by atoms with E-state index in [1.807, 2.05) is 84.9 Å². The van der Waals surface area contributed by atoms with Crippen LogP contribution in [0, 0.1) is 6.92 Å². The maximum atomic E-state index is 13.2. The Morgan fingerprint density at radius 1 is 0.895 bits per heavy atom. The molecule has 5 rings (SSSR count). The maximum Gasteiger partial charge on any atom is 0.272 e. The molecular formula is C32H27N3O3. The summed E-state index contributed by atoms with van der Waals surface area (Å²) in [7, 11) is 1.59. The molecule has 0 aliphatic carbocycles. The highest BCUT2D eigenvalue weighted by Crippen LogP contribution is 2.29. The van der Waals surface area contributed by atoms with Crippen molar-refractivity contribution in [1.82, 2.24) is 10.4 Å². The number of hydrogen-bond donors (Lipinski definition) is 1. The van der Waals surface area contributed by atoms with Crippen molar-refractivity contribution >= 4 is 23.0 Å². The summed E-state index contributed by atoms with van der Waals surface area (Å²) in [4.78, 5) is 17.9. The van der Waals surface area contributed by atoms with Gasteiger partial charge < -0.3 is 9.47 Å². The third kappa shape index (κ3) is 5.71. The van der Waals surface area contributed by atoms with Crippen molar-refractivity contribution in [3.8, 4) is 22.8 Å². The topological polar surface area (TPSA) is 72.8 Å². The smallest absolute Gasteiger partial charge is 0.272 e. The molecule has 0 atom stereocenters. The fraction of sp³-hybridized carbons (Fsp3) is 0.0938. The molecule has 188 valence electrons. The molecule has 0 fully saturated rings. The molecule has 6 nitrogen and oxygen atoms in total. The molecule has 1 N–H and O–H groups in total. The van der Waals surface area contributed by atoms with E-state index in [2.05, 4.69) is 29.6 Å². The number of aromatic nitrogens is 1. The number of pyridine rings is 1. The van der Waals surface area contributed by atoms with Crippen LogP contribution in [0.15, 0.2) is 108 Å². The third-order valence-corrected chi connectivity index (χ3v) is 6.07. The molecule has 0 bridgehead atoms. The van der Waals surface area contributed by atoms with Gasteiger partial charge in [-0.15, -0.1) is 0 Å². The molecule has 0 aliphatic rings. The zero-order valence-electron chi connectivity index (χ0n) is 21.2. The number of carbonyl (C=O) groups is 1. The Kier molecular flexibility index (Phi) is 7.41. The van der Waals surface area contributed by atoms with Gasteiger partial charge in [-0.2, -0.15) is 5.10 Å². The van der Waals surface area contributed by atoms with E-state index in [1.54, 1.807) is 19.4 Å². The Bertz CT molecular complexity index is 1610. The maximum absolute atomic E-state index is 13.2. The van der Waals surface area contributed by atoms with Crippen LogP contribution in [0.4, 0.5) is 0 Å². The second kappa shape index (κ2) is 11.4. The van der Waals surface area contributed by atoms with E-state index >= 15 is 0 Å². The van der Waals surface area contributed by atoms with Gasteiger partial charge in [0.05, 0.1) is 30.1 Å². The van der Waals surface area contributed by atoms with E-state index < -0.39 is 0 Å². The molecule has 5 aromatic rings. The Morgan fingerprint density at radius 2 is 1.71 bits per heavy atom. The number of fused-ring (bicyclic) bond motifs is 1. The highest BCUT2D eigenvalue weighted by atomic mass is 16.5. The van der Waals surface area contributed by atoms with Crippen LogP contribution in [-0.2, 0) is 6.61 Å². The van der Waals surface area contributed by atoms with Gasteiger partial charge in [0.2, 0.25) is 0 Å². The van der Waals surface area contributed by atoms with E-state index in [0.29, 0.717) is 23.7 Å². The molecule has 0 spiro atoms. The van der Waals surface area contributed by atoms with E-state index in [0.717, 1.165) is 33.3 Å². The van der Waals surface area contributed by atoms with Crippen LogP contribution in [-0.4, -0.2) is 24.2 Å². The number of hydrazone groups is 1. The quantitative estimate of drug-likeness (QED) is 0.193. The molecule has 1 heterocycles. The summed E-state index contributed by atoms with van der Waals surface area (Å²) in [6.07, 6.45) is 1.58. The second-order valence-corrected chi connectivity index (χ2v) is 8.83. The highest BCUT2D eigenvalue weighted by Gasteiger charge is 2.13. The molecule has 4 aromatic carbocycles. The highest BCUT2D eigenvalue weighted by molar-refractivity contribution is 6.07. The Labute approximate surface area is 221 Å². The molecule has 0 unspecified atom stereocenters. The summed E-state index contributed by atoms with van der Waals surface area (Å²) in [6, 6.07) is 32.9. The van der Waals surface area contributed by atoms with Crippen LogP contribution < -0.4 is 14.9 Å². The molecule has 1 amide bonds. The molecule has 1 aromatic heterocycles. The minimum Gasteiger partial charge on any atom is -0.493 e. The summed E-state index contributed by atoms with van der Waals surface area (Å²) in [6.45, 7) is 2.49. The molecule has 0 radical (unpaired) electrons. The molecule has 0 saturated heterocycles. The number of methoxy groups -OCH3 is 1. The van der Waals surface area contributed by atoms with Crippen molar-refractivity contribution in [3.05, 3.63) is 125 Å². The molecule has 0 aliphatic heterocycles. The normalized spacial score (nSPS) is 11.0. The van der Waals surface area contributed by atoms with Gasteiger partial charge in [0.25, 0.3) is 5.91 Å². The number of nitrogens with one attached hydrogen (secondary N) is 1. The number of rotatable bonds is 8. The minimum atomic E-state index is -0.317. The van der Waals surface area contributed by atoms with Gasteiger partial charge in [0, 0.05) is 10.9 Å². The summed E-state index contributed by atoms with van der Waals surface area (Å²) >= 11 is 0. The van der Waals surface area contributed by atoms with Crippen LogP contribution in [0.5, 0.6) is 11.5 Å². The fourth-order valence-corrected chi connectivity index (χ4v) is 4.19. The first-order valence-electron chi connectivity index (χ1n) is 12.3. The second-order valence-electron chi connectivity index (χ2n) is 8.83. The van der Waals surface area contributed by atoms with Gasteiger partial charge in [-0.25, -0.2) is 10.4 Å². The van der Waals surface area contributed by atoms with Crippen molar-refractivity contribution in [2.24, 2.45) is 5.10 Å². The van der Waals surface area contributed by atoms with Gasteiger partial charge in [-0.1, -0.05) is 78.4 Å². The van der Waals surface area contributed by atoms with Gasteiger partial charge >= 0.3 is 0 Å². The number of nitrogens with zero attached hydrogens (tertiary/aromatic N) is 2. The Balaban J connectivity index is 1.32. The number of ether oxygens (including phenoxy) is 2. The fourth-order valence-electron chi connectivity index (χ4n) is 4.19. The minimum absolute atomic E-state index is 0.317. The summed E-state index contributed by atoms with van der Waals surface area (Å²) in [5.74, 6) is 0.898. The van der Waals surface area contributed by atoms with Crippen molar-refractivity contribution in [2.75, 3.05) is 7.11 Å². The van der Waals surface area contributed by atoms with Crippen LogP contribution in [0.3, 0.4) is 0 Å². The average Bonchev–Trinajstić information content (AvgIpc) is 2.96. The predicted molar refractivity (Wildman–Crippen MR) is 151 cm³/mol. The number of hydrogen-bond acceptors (Lipinski definition) is 5. The number of benzene rings is 4. The zero-order valence-corrected chi connectivity index (χ0v) is 21.2. The standard InChI is InChI=1S/C32H27N3O3/c1-22-9-8-10-24(17-22)21-38-30-16-15-23(18-31(30)37-2)20-33-35-32(36)27-19-29(25-11-4-3-5-12-25)34-28-14-7-6-13-26(27)28/h3-20H,21H2,1-2H3,(H,35,36)/b33-20+. The van der Waals surface area contributed by atoms with Gasteiger partial charge in [0.1, 0.15) is 6.61 Å². The average molecular weight is 502 g/mol. The number of aryl methyl sites for hydroxylation is 1.